The van der Waals surface area contributed by atoms with Crippen LogP contribution in [0.25, 0.3) is 10.8 Å². The number of nitrogens with zero attached hydrogens (tertiary/aromatic N) is 3. The first kappa shape index (κ1) is 13.8. The van der Waals surface area contributed by atoms with E-state index in [1.54, 1.807) is 0 Å². The minimum atomic E-state index is 1.03. The molecule has 0 unspecified atom stereocenters. The van der Waals surface area contributed by atoms with Crippen LogP contribution in [0.1, 0.15) is 12.0 Å². The van der Waals surface area contributed by atoms with Gasteiger partial charge in [0.2, 0.25) is 0 Å². The Balaban J connectivity index is 2.22. The van der Waals surface area contributed by atoms with E-state index < -0.39 is 0 Å². The number of rotatable bonds is 5. The average Bonchev–Trinajstić information content (AvgIpc) is 2.38. The number of aromatic nitrogens is 1. The third kappa shape index (κ3) is 3.24. The van der Waals surface area contributed by atoms with Crippen LogP contribution in [0, 0.1) is 6.92 Å². The van der Waals surface area contributed by atoms with Gasteiger partial charge in [-0.1, -0.05) is 18.2 Å². The van der Waals surface area contributed by atoms with Crippen molar-refractivity contribution in [1.82, 2.24) is 9.88 Å². The quantitative estimate of drug-likeness (QED) is 0.821. The summed E-state index contributed by atoms with van der Waals surface area (Å²) in [6, 6.07) is 8.52. The molecule has 0 N–H and O–H groups in total. The Labute approximate surface area is 115 Å². The van der Waals surface area contributed by atoms with Crippen LogP contribution in [0.2, 0.25) is 0 Å². The highest BCUT2D eigenvalue weighted by Gasteiger charge is 2.08. The second-order valence-corrected chi connectivity index (χ2v) is 5.38. The topological polar surface area (TPSA) is 19.4 Å². The van der Waals surface area contributed by atoms with Crippen molar-refractivity contribution >= 4 is 16.6 Å². The maximum absolute atomic E-state index is 4.56. The van der Waals surface area contributed by atoms with Gasteiger partial charge < -0.3 is 9.80 Å². The number of fused-ring (bicyclic) bond motifs is 1. The van der Waals surface area contributed by atoms with Crippen LogP contribution in [0.3, 0.4) is 0 Å². The lowest BCUT2D eigenvalue weighted by molar-refractivity contribution is 0.401. The molecule has 1 heterocycles. The zero-order valence-corrected chi connectivity index (χ0v) is 12.3. The molecule has 3 nitrogen and oxygen atoms in total. The van der Waals surface area contributed by atoms with Crippen LogP contribution in [0.5, 0.6) is 0 Å². The minimum Gasteiger partial charge on any atom is -0.359 e. The Morgan fingerprint density at radius 1 is 1.00 bits per heavy atom. The van der Waals surface area contributed by atoms with Gasteiger partial charge in [-0.15, -0.1) is 0 Å². The monoisotopic (exact) mass is 257 g/mol. The predicted molar refractivity (Wildman–Crippen MR) is 82.9 cm³/mol. The Kier molecular flexibility index (Phi) is 4.38. The van der Waals surface area contributed by atoms with Gasteiger partial charge in [0.15, 0.2) is 0 Å². The highest BCUT2D eigenvalue weighted by Crippen LogP contribution is 2.25. The number of pyridine rings is 1. The van der Waals surface area contributed by atoms with Crippen LogP contribution < -0.4 is 4.90 Å². The second-order valence-electron chi connectivity index (χ2n) is 5.38. The van der Waals surface area contributed by atoms with Crippen molar-refractivity contribution in [2.75, 3.05) is 39.1 Å². The number of aryl methyl sites for hydroxylation is 1. The molecule has 0 aliphatic heterocycles. The number of hydrogen-bond acceptors (Lipinski definition) is 3. The molecule has 2 aromatic rings. The van der Waals surface area contributed by atoms with Crippen molar-refractivity contribution in [3.05, 3.63) is 36.0 Å². The van der Waals surface area contributed by atoms with E-state index in [0.29, 0.717) is 0 Å². The highest BCUT2D eigenvalue weighted by atomic mass is 15.2. The highest BCUT2D eigenvalue weighted by molar-refractivity contribution is 5.94. The molecule has 102 valence electrons. The molecule has 1 aromatic carbocycles. The third-order valence-corrected chi connectivity index (χ3v) is 3.46. The van der Waals surface area contributed by atoms with E-state index in [9.17, 15) is 0 Å². The molecule has 0 amide bonds. The second kappa shape index (κ2) is 6.02. The molecule has 0 bridgehead atoms. The first-order valence-corrected chi connectivity index (χ1v) is 6.80. The van der Waals surface area contributed by atoms with Crippen molar-refractivity contribution in [2.45, 2.75) is 13.3 Å². The molecule has 0 saturated heterocycles. The zero-order chi connectivity index (χ0) is 13.8. The van der Waals surface area contributed by atoms with Crippen LogP contribution in [-0.2, 0) is 0 Å². The smallest absolute Gasteiger partial charge is 0.136 e. The van der Waals surface area contributed by atoms with Gasteiger partial charge in [-0.3, -0.25) is 0 Å². The molecule has 1 aromatic heterocycles. The maximum atomic E-state index is 4.56. The van der Waals surface area contributed by atoms with Crippen LogP contribution in [0.15, 0.2) is 30.5 Å². The van der Waals surface area contributed by atoms with Crippen molar-refractivity contribution in [1.29, 1.82) is 0 Å². The van der Waals surface area contributed by atoms with E-state index in [-0.39, 0.29) is 0 Å². The lowest BCUT2D eigenvalue weighted by atomic mass is 10.1. The molecular weight excluding hydrogens is 234 g/mol. The van der Waals surface area contributed by atoms with Gasteiger partial charge in [0.05, 0.1) is 0 Å². The summed E-state index contributed by atoms with van der Waals surface area (Å²) in [6.07, 6.45) is 3.06. The van der Waals surface area contributed by atoms with Crippen molar-refractivity contribution in [3.63, 3.8) is 0 Å². The molecule has 0 saturated carbocycles. The van der Waals surface area contributed by atoms with Gasteiger partial charge in [0.25, 0.3) is 0 Å². The zero-order valence-electron chi connectivity index (χ0n) is 12.3. The van der Waals surface area contributed by atoms with E-state index in [1.165, 1.54) is 16.3 Å². The predicted octanol–water partition coefficient (Wildman–Crippen LogP) is 2.93. The van der Waals surface area contributed by atoms with Gasteiger partial charge in [-0.2, -0.15) is 0 Å². The first-order chi connectivity index (χ1) is 9.09. The summed E-state index contributed by atoms with van der Waals surface area (Å²) in [5.41, 5.74) is 1.31. The molecule has 3 heteroatoms. The van der Waals surface area contributed by atoms with Crippen molar-refractivity contribution in [2.24, 2.45) is 0 Å². The molecule has 0 fully saturated rings. The standard InChI is InChI=1S/C16H23N3/c1-13-7-5-8-15-14(13)9-10-17-16(15)19(4)12-6-11-18(2)3/h5,7-10H,6,11-12H2,1-4H3. The molecule has 2 rings (SSSR count). The largest absolute Gasteiger partial charge is 0.359 e. The molecular formula is C16H23N3. The lowest BCUT2D eigenvalue weighted by Crippen LogP contribution is -2.24. The summed E-state index contributed by atoms with van der Waals surface area (Å²) < 4.78 is 0. The molecule has 0 atom stereocenters. The van der Waals surface area contributed by atoms with E-state index in [4.69, 9.17) is 0 Å². The summed E-state index contributed by atoms with van der Waals surface area (Å²) in [6.45, 7) is 4.28. The third-order valence-electron chi connectivity index (χ3n) is 3.46. The van der Waals surface area contributed by atoms with Gasteiger partial charge >= 0.3 is 0 Å². The summed E-state index contributed by atoms with van der Waals surface area (Å²) >= 11 is 0. The van der Waals surface area contributed by atoms with Gasteiger partial charge in [0, 0.05) is 25.2 Å². The number of hydrogen-bond donors (Lipinski definition) is 0. The molecule has 19 heavy (non-hydrogen) atoms. The summed E-state index contributed by atoms with van der Waals surface area (Å²) in [7, 11) is 6.35. The molecule has 0 spiro atoms. The summed E-state index contributed by atoms with van der Waals surface area (Å²) in [4.78, 5) is 9.03. The lowest BCUT2D eigenvalue weighted by Gasteiger charge is -2.21. The Bertz CT molecular complexity index is 549. The normalized spacial score (nSPS) is 11.2. The van der Waals surface area contributed by atoms with Crippen molar-refractivity contribution in [3.8, 4) is 0 Å². The molecule has 0 radical (unpaired) electrons. The van der Waals surface area contributed by atoms with Crippen molar-refractivity contribution < 1.29 is 0 Å². The van der Waals surface area contributed by atoms with E-state index in [0.717, 1.165) is 25.3 Å². The van der Waals surface area contributed by atoms with Crippen LogP contribution in [0.4, 0.5) is 5.82 Å². The van der Waals surface area contributed by atoms with Gasteiger partial charge in [-0.05, 0) is 51.0 Å². The first-order valence-electron chi connectivity index (χ1n) is 6.80. The fourth-order valence-electron chi connectivity index (χ4n) is 2.38. The van der Waals surface area contributed by atoms with E-state index in [1.807, 2.05) is 6.20 Å². The van der Waals surface area contributed by atoms with Crippen LogP contribution in [-0.4, -0.2) is 44.1 Å². The SMILES string of the molecule is Cc1cccc2c(N(C)CCCN(C)C)nccc12. The molecule has 0 aliphatic rings. The minimum absolute atomic E-state index is 1.03. The van der Waals surface area contributed by atoms with E-state index in [2.05, 4.69) is 67.1 Å². The number of benzene rings is 1. The Hall–Kier alpha value is -1.61. The summed E-state index contributed by atoms with van der Waals surface area (Å²) in [5.74, 6) is 1.08. The molecule has 0 aliphatic carbocycles. The van der Waals surface area contributed by atoms with E-state index >= 15 is 0 Å². The van der Waals surface area contributed by atoms with Gasteiger partial charge in [-0.25, -0.2) is 4.98 Å². The van der Waals surface area contributed by atoms with Crippen LogP contribution >= 0.6 is 0 Å². The fraction of sp³-hybridized carbons (Fsp3) is 0.438. The Morgan fingerprint density at radius 2 is 1.79 bits per heavy atom. The average molecular weight is 257 g/mol. The Morgan fingerprint density at radius 3 is 2.53 bits per heavy atom. The fourth-order valence-corrected chi connectivity index (χ4v) is 2.38. The number of anilines is 1. The van der Waals surface area contributed by atoms with Gasteiger partial charge in [0.1, 0.15) is 5.82 Å². The summed E-state index contributed by atoms with van der Waals surface area (Å²) in [5, 5.41) is 2.54. The maximum Gasteiger partial charge on any atom is 0.136 e.